The molecule has 2 aromatic rings. The SMILES string of the molecule is CNCC1CCN(C(=O)c2ncoc2-c2ccccc2Cl)C1. The van der Waals surface area contributed by atoms with Crippen LogP contribution in [0.15, 0.2) is 35.1 Å². The molecular weight excluding hydrogens is 302 g/mol. The normalized spacial score (nSPS) is 17.9. The largest absolute Gasteiger partial charge is 0.443 e. The molecule has 1 N–H and O–H groups in total. The van der Waals surface area contributed by atoms with E-state index in [1.54, 1.807) is 6.07 Å². The van der Waals surface area contributed by atoms with Crippen LogP contribution in [0, 0.1) is 5.92 Å². The third kappa shape index (κ3) is 2.87. The van der Waals surface area contributed by atoms with Crippen LogP contribution in [0.2, 0.25) is 5.02 Å². The van der Waals surface area contributed by atoms with Gasteiger partial charge in [-0.05, 0) is 38.1 Å². The third-order valence-electron chi connectivity index (χ3n) is 3.95. The average Bonchev–Trinajstić information content (AvgIpc) is 3.16. The molecule has 1 saturated heterocycles. The van der Waals surface area contributed by atoms with Crippen LogP contribution in [0.1, 0.15) is 16.9 Å². The van der Waals surface area contributed by atoms with E-state index in [0.717, 1.165) is 26.1 Å². The van der Waals surface area contributed by atoms with Crippen LogP contribution in [0.3, 0.4) is 0 Å². The van der Waals surface area contributed by atoms with Crippen molar-refractivity contribution in [3.63, 3.8) is 0 Å². The molecular formula is C16H18ClN3O2. The molecule has 116 valence electrons. The first-order chi connectivity index (χ1) is 10.7. The zero-order valence-electron chi connectivity index (χ0n) is 12.4. The van der Waals surface area contributed by atoms with E-state index in [0.29, 0.717) is 28.0 Å². The topological polar surface area (TPSA) is 58.4 Å². The maximum atomic E-state index is 12.7. The van der Waals surface area contributed by atoms with Crippen molar-refractivity contribution in [2.24, 2.45) is 5.92 Å². The van der Waals surface area contributed by atoms with Crippen LogP contribution in [-0.2, 0) is 0 Å². The van der Waals surface area contributed by atoms with Gasteiger partial charge >= 0.3 is 0 Å². The van der Waals surface area contributed by atoms with Gasteiger partial charge in [0.25, 0.3) is 5.91 Å². The molecule has 1 unspecified atom stereocenters. The summed E-state index contributed by atoms with van der Waals surface area (Å²) in [4.78, 5) is 18.7. The standard InChI is InChI=1S/C16H18ClN3O2/c1-18-8-11-6-7-20(9-11)16(21)14-15(22-10-19-14)12-4-2-3-5-13(12)17/h2-5,10-11,18H,6-9H2,1H3. The van der Waals surface area contributed by atoms with Gasteiger partial charge in [-0.2, -0.15) is 0 Å². The van der Waals surface area contributed by atoms with Crippen molar-refractivity contribution < 1.29 is 9.21 Å². The molecule has 1 aliphatic rings. The molecule has 1 aliphatic heterocycles. The molecule has 1 atom stereocenters. The average molecular weight is 320 g/mol. The fourth-order valence-corrected chi connectivity index (χ4v) is 3.08. The van der Waals surface area contributed by atoms with Crippen molar-refractivity contribution in [1.29, 1.82) is 0 Å². The highest BCUT2D eigenvalue weighted by atomic mass is 35.5. The van der Waals surface area contributed by atoms with Crippen molar-refractivity contribution in [3.05, 3.63) is 41.4 Å². The molecule has 1 aromatic heterocycles. The summed E-state index contributed by atoms with van der Waals surface area (Å²) in [7, 11) is 1.93. The fourth-order valence-electron chi connectivity index (χ4n) is 2.86. The monoisotopic (exact) mass is 319 g/mol. The number of aromatic nitrogens is 1. The molecule has 3 rings (SSSR count). The Labute approximate surface area is 134 Å². The van der Waals surface area contributed by atoms with E-state index in [1.165, 1.54) is 6.39 Å². The van der Waals surface area contributed by atoms with Gasteiger partial charge in [0, 0.05) is 18.7 Å². The lowest BCUT2D eigenvalue weighted by Crippen LogP contribution is -2.30. The molecule has 0 bridgehead atoms. The summed E-state index contributed by atoms with van der Waals surface area (Å²) in [5.41, 5.74) is 1.02. The number of oxazole rings is 1. The second-order valence-corrected chi connectivity index (χ2v) is 5.88. The zero-order valence-corrected chi connectivity index (χ0v) is 13.1. The lowest BCUT2D eigenvalue weighted by Gasteiger charge is -2.15. The number of nitrogens with zero attached hydrogens (tertiary/aromatic N) is 2. The van der Waals surface area contributed by atoms with Crippen molar-refractivity contribution in [1.82, 2.24) is 15.2 Å². The Bertz CT molecular complexity index is 671. The van der Waals surface area contributed by atoms with E-state index in [1.807, 2.05) is 30.1 Å². The molecule has 0 radical (unpaired) electrons. The first kappa shape index (κ1) is 15.1. The second-order valence-electron chi connectivity index (χ2n) is 5.47. The minimum absolute atomic E-state index is 0.0951. The molecule has 1 aromatic carbocycles. The van der Waals surface area contributed by atoms with Crippen molar-refractivity contribution in [2.75, 3.05) is 26.7 Å². The summed E-state index contributed by atoms with van der Waals surface area (Å²) in [5.74, 6) is 0.833. The predicted molar refractivity (Wildman–Crippen MR) is 84.9 cm³/mol. The van der Waals surface area contributed by atoms with Crippen molar-refractivity contribution >= 4 is 17.5 Å². The van der Waals surface area contributed by atoms with E-state index in [9.17, 15) is 4.79 Å². The number of carbonyl (C=O) groups is 1. The number of nitrogens with one attached hydrogen (secondary N) is 1. The van der Waals surface area contributed by atoms with Gasteiger partial charge in [-0.25, -0.2) is 4.98 Å². The van der Waals surface area contributed by atoms with Crippen LogP contribution in [0.4, 0.5) is 0 Å². The first-order valence-corrected chi connectivity index (χ1v) is 7.70. The van der Waals surface area contributed by atoms with Crippen LogP contribution >= 0.6 is 11.6 Å². The van der Waals surface area contributed by atoms with Crippen molar-refractivity contribution in [3.8, 4) is 11.3 Å². The predicted octanol–water partition coefficient (Wildman–Crippen LogP) is 2.68. The smallest absolute Gasteiger partial charge is 0.276 e. The lowest BCUT2D eigenvalue weighted by atomic mass is 10.1. The number of hydrogen-bond acceptors (Lipinski definition) is 4. The maximum Gasteiger partial charge on any atom is 0.276 e. The zero-order chi connectivity index (χ0) is 15.5. The maximum absolute atomic E-state index is 12.7. The quantitative estimate of drug-likeness (QED) is 0.941. The van der Waals surface area contributed by atoms with Gasteiger partial charge in [-0.1, -0.05) is 23.7 Å². The van der Waals surface area contributed by atoms with Gasteiger partial charge < -0.3 is 14.6 Å². The fraction of sp³-hybridized carbons (Fsp3) is 0.375. The number of rotatable bonds is 4. The van der Waals surface area contributed by atoms with Crippen molar-refractivity contribution in [2.45, 2.75) is 6.42 Å². The Balaban J connectivity index is 1.84. The van der Waals surface area contributed by atoms with Gasteiger partial charge in [-0.15, -0.1) is 0 Å². The minimum Gasteiger partial charge on any atom is -0.443 e. The van der Waals surface area contributed by atoms with Crippen LogP contribution in [0.25, 0.3) is 11.3 Å². The van der Waals surface area contributed by atoms with Gasteiger partial charge in [-0.3, -0.25) is 4.79 Å². The molecule has 1 fully saturated rings. The van der Waals surface area contributed by atoms with Crippen LogP contribution in [-0.4, -0.2) is 42.5 Å². The number of amides is 1. The number of carbonyl (C=O) groups excluding carboxylic acids is 1. The number of likely N-dealkylation sites (tertiary alicyclic amines) is 1. The number of halogens is 1. The van der Waals surface area contributed by atoms with Crippen LogP contribution < -0.4 is 5.32 Å². The van der Waals surface area contributed by atoms with E-state index < -0.39 is 0 Å². The minimum atomic E-state index is -0.0951. The number of hydrogen-bond donors (Lipinski definition) is 1. The summed E-state index contributed by atoms with van der Waals surface area (Å²) in [6.45, 7) is 2.41. The second kappa shape index (κ2) is 6.50. The molecule has 6 heteroatoms. The number of benzene rings is 1. The highest BCUT2D eigenvalue weighted by Crippen LogP contribution is 2.31. The Kier molecular flexibility index (Phi) is 4.45. The lowest BCUT2D eigenvalue weighted by molar-refractivity contribution is 0.0782. The molecule has 0 saturated carbocycles. The van der Waals surface area contributed by atoms with Gasteiger partial charge in [0.05, 0.1) is 5.02 Å². The molecule has 1 amide bonds. The molecule has 2 heterocycles. The highest BCUT2D eigenvalue weighted by molar-refractivity contribution is 6.33. The van der Waals surface area contributed by atoms with Gasteiger partial charge in [0.15, 0.2) is 17.8 Å². The van der Waals surface area contributed by atoms with Crippen LogP contribution in [0.5, 0.6) is 0 Å². The Morgan fingerprint density at radius 3 is 3.09 bits per heavy atom. The Morgan fingerprint density at radius 2 is 2.32 bits per heavy atom. The third-order valence-corrected chi connectivity index (χ3v) is 4.28. The first-order valence-electron chi connectivity index (χ1n) is 7.33. The summed E-state index contributed by atoms with van der Waals surface area (Å²) >= 11 is 6.20. The van der Waals surface area contributed by atoms with Gasteiger partial charge in [0.1, 0.15) is 0 Å². The summed E-state index contributed by atoms with van der Waals surface area (Å²) in [5, 5.41) is 3.70. The highest BCUT2D eigenvalue weighted by Gasteiger charge is 2.30. The van der Waals surface area contributed by atoms with E-state index >= 15 is 0 Å². The Hall–Kier alpha value is -1.85. The van der Waals surface area contributed by atoms with E-state index in [2.05, 4.69) is 10.3 Å². The summed E-state index contributed by atoms with van der Waals surface area (Å²) in [6, 6.07) is 7.29. The molecule has 22 heavy (non-hydrogen) atoms. The molecule has 5 nitrogen and oxygen atoms in total. The Morgan fingerprint density at radius 1 is 1.50 bits per heavy atom. The van der Waals surface area contributed by atoms with E-state index in [-0.39, 0.29) is 5.91 Å². The van der Waals surface area contributed by atoms with Gasteiger partial charge in [0.2, 0.25) is 0 Å². The molecule has 0 aliphatic carbocycles. The molecule has 0 spiro atoms. The summed E-state index contributed by atoms with van der Waals surface area (Å²) < 4.78 is 5.43. The van der Waals surface area contributed by atoms with E-state index in [4.69, 9.17) is 16.0 Å². The summed E-state index contributed by atoms with van der Waals surface area (Å²) in [6.07, 6.45) is 2.30.